The molecule has 1 aliphatic rings. The molecular formula is C8H13N3S2. The number of hydrogen-bond donors (Lipinski definition) is 0. The number of rotatable bonds is 2. The van der Waals surface area contributed by atoms with Crippen LogP contribution in [-0.2, 0) is 6.54 Å². The van der Waals surface area contributed by atoms with Gasteiger partial charge in [0.25, 0.3) is 0 Å². The number of hydrogen-bond acceptors (Lipinski definition) is 5. The average molecular weight is 215 g/mol. The predicted octanol–water partition coefficient (Wildman–Crippen LogP) is 1.40. The molecule has 0 saturated carbocycles. The monoisotopic (exact) mass is 215 g/mol. The van der Waals surface area contributed by atoms with Crippen molar-refractivity contribution in [3.8, 4) is 0 Å². The molecule has 1 fully saturated rings. The van der Waals surface area contributed by atoms with Gasteiger partial charge in [0.2, 0.25) is 0 Å². The van der Waals surface area contributed by atoms with Crippen molar-refractivity contribution in [3.05, 3.63) is 10.0 Å². The van der Waals surface area contributed by atoms with Gasteiger partial charge >= 0.3 is 0 Å². The zero-order chi connectivity index (χ0) is 9.10. The van der Waals surface area contributed by atoms with E-state index in [-0.39, 0.29) is 0 Å². The van der Waals surface area contributed by atoms with Gasteiger partial charge in [0.15, 0.2) is 0 Å². The first-order valence-electron chi connectivity index (χ1n) is 4.44. The average Bonchev–Trinajstić information content (AvgIpc) is 2.53. The van der Waals surface area contributed by atoms with Crippen LogP contribution < -0.4 is 0 Å². The van der Waals surface area contributed by atoms with E-state index in [2.05, 4.69) is 15.1 Å². The summed E-state index contributed by atoms with van der Waals surface area (Å²) in [5.74, 6) is 2.52. The Hall–Kier alpha value is -0.130. The van der Waals surface area contributed by atoms with Gasteiger partial charge in [-0.1, -0.05) is 0 Å². The lowest BCUT2D eigenvalue weighted by Gasteiger charge is -2.24. The lowest BCUT2D eigenvalue weighted by molar-refractivity contribution is 0.293. The first kappa shape index (κ1) is 9.43. The Balaban J connectivity index is 1.89. The van der Waals surface area contributed by atoms with E-state index in [0.29, 0.717) is 0 Å². The Morgan fingerprint density at radius 3 is 2.69 bits per heavy atom. The molecule has 1 aliphatic heterocycles. The summed E-state index contributed by atoms with van der Waals surface area (Å²) in [7, 11) is 0. The molecule has 1 saturated heterocycles. The van der Waals surface area contributed by atoms with E-state index in [0.717, 1.165) is 16.6 Å². The van der Waals surface area contributed by atoms with Gasteiger partial charge < -0.3 is 0 Å². The second-order valence-corrected chi connectivity index (χ2v) is 5.59. The first-order valence-corrected chi connectivity index (χ1v) is 6.41. The lowest BCUT2D eigenvalue weighted by Crippen LogP contribution is -2.31. The van der Waals surface area contributed by atoms with E-state index < -0.39 is 0 Å². The molecule has 0 spiro atoms. The van der Waals surface area contributed by atoms with Crippen LogP contribution in [0.1, 0.15) is 10.0 Å². The topological polar surface area (TPSA) is 29.0 Å². The van der Waals surface area contributed by atoms with Crippen LogP contribution in [0.15, 0.2) is 0 Å². The molecule has 5 heteroatoms. The van der Waals surface area contributed by atoms with E-state index in [1.165, 1.54) is 24.6 Å². The van der Waals surface area contributed by atoms with Crippen LogP contribution in [0.4, 0.5) is 0 Å². The summed E-state index contributed by atoms with van der Waals surface area (Å²) in [5.41, 5.74) is 0. The standard InChI is InChI=1S/C8H13N3S2/c1-7-9-10-8(13-7)6-11-2-4-12-5-3-11/h2-6H2,1H3. The quantitative estimate of drug-likeness (QED) is 0.745. The summed E-state index contributed by atoms with van der Waals surface area (Å²) in [5, 5.41) is 10.4. The minimum atomic E-state index is 0.992. The van der Waals surface area contributed by atoms with Gasteiger partial charge in [-0.2, -0.15) is 11.8 Å². The molecule has 0 aliphatic carbocycles. The third kappa shape index (κ3) is 2.65. The summed E-state index contributed by atoms with van der Waals surface area (Å²) in [6, 6.07) is 0. The van der Waals surface area contributed by atoms with Crippen LogP contribution in [0.5, 0.6) is 0 Å². The molecule has 2 rings (SSSR count). The maximum absolute atomic E-state index is 4.13. The van der Waals surface area contributed by atoms with Crippen LogP contribution >= 0.6 is 23.1 Å². The minimum absolute atomic E-state index is 0.992. The van der Waals surface area contributed by atoms with Gasteiger partial charge in [-0.05, 0) is 6.92 Å². The van der Waals surface area contributed by atoms with Crippen LogP contribution in [-0.4, -0.2) is 39.7 Å². The highest BCUT2D eigenvalue weighted by Crippen LogP contribution is 2.15. The van der Waals surface area contributed by atoms with Gasteiger partial charge in [-0.3, -0.25) is 4.90 Å². The zero-order valence-electron chi connectivity index (χ0n) is 7.69. The molecular weight excluding hydrogens is 202 g/mol. The third-order valence-electron chi connectivity index (χ3n) is 2.03. The third-order valence-corrected chi connectivity index (χ3v) is 3.80. The van der Waals surface area contributed by atoms with E-state index in [4.69, 9.17) is 0 Å². The van der Waals surface area contributed by atoms with Crippen molar-refractivity contribution < 1.29 is 0 Å². The highest BCUT2D eigenvalue weighted by molar-refractivity contribution is 7.99. The van der Waals surface area contributed by atoms with E-state index >= 15 is 0 Å². The van der Waals surface area contributed by atoms with Crippen molar-refractivity contribution in [2.75, 3.05) is 24.6 Å². The summed E-state index contributed by atoms with van der Waals surface area (Å²) in [6.45, 7) is 5.39. The molecule has 0 atom stereocenters. The van der Waals surface area contributed by atoms with Gasteiger partial charge in [0.1, 0.15) is 10.0 Å². The fraction of sp³-hybridized carbons (Fsp3) is 0.750. The molecule has 0 bridgehead atoms. The molecule has 72 valence electrons. The fourth-order valence-electron chi connectivity index (χ4n) is 1.35. The molecule has 0 radical (unpaired) electrons. The summed E-state index contributed by atoms with van der Waals surface area (Å²) < 4.78 is 0. The van der Waals surface area contributed by atoms with Crippen molar-refractivity contribution in [1.82, 2.24) is 15.1 Å². The molecule has 0 amide bonds. The van der Waals surface area contributed by atoms with Crippen LogP contribution in [0.2, 0.25) is 0 Å². The van der Waals surface area contributed by atoms with Gasteiger partial charge in [-0.15, -0.1) is 21.5 Å². The highest BCUT2D eigenvalue weighted by Gasteiger charge is 2.12. The fourth-order valence-corrected chi connectivity index (χ4v) is 3.08. The Bertz CT molecular complexity index is 268. The number of aryl methyl sites for hydroxylation is 1. The number of aromatic nitrogens is 2. The SMILES string of the molecule is Cc1nnc(CN2CCSCC2)s1. The minimum Gasteiger partial charge on any atom is -0.295 e. The predicted molar refractivity (Wildman–Crippen MR) is 57.2 cm³/mol. The Labute approximate surface area is 86.5 Å². The zero-order valence-corrected chi connectivity index (χ0v) is 9.33. The Morgan fingerprint density at radius 2 is 2.08 bits per heavy atom. The number of nitrogens with zero attached hydrogens (tertiary/aromatic N) is 3. The maximum Gasteiger partial charge on any atom is 0.131 e. The van der Waals surface area contributed by atoms with E-state index in [9.17, 15) is 0 Å². The van der Waals surface area contributed by atoms with Crippen molar-refractivity contribution in [1.29, 1.82) is 0 Å². The summed E-state index contributed by atoms with van der Waals surface area (Å²) in [6.07, 6.45) is 0. The largest absolute Gasteiger partial charge is 0.295 e. The molecule has 0 aromatic carbocycles. The molecule has 1 aromatic heterocycles. The molecule has 2 heterocycles. The lowest BCUT2D eigenvalue weighted by atomic mass is 10.5. The Morgan fingerprint density at radius 1 is 1.31 bits per heavy atom. The summed E-state index contributed by atoms with van der Waals surface area (Å²) in [4.78, 5) is 2.45. The molecule has 0 N–H and O–H groups in total. The van der Waals surface area contributed by atoms with Crippen LogP contribution in [0.25, 0.3) is 0 Å². The molecule has 3 nitrogen and oxygen atoms in total. The normalized spacial score (nSPS) is 19.2. The van der Waals surface area contributed by atoms with Gasteiger partial charge in [0, 0.05) is 24.6 Å². The van der Waals surface area contributed by atoms with Crippen molar-refractivity contribution in [2.45, 2.75) is 13.5 Å². The highest BCUT2D eigenvalue weighted by atomic mass is 32.2. The second kappa shape index (κ2) is 4.39. The molecule has 13 heavy (non-hydrogen) atoms. The van der Waals surface area contributed by atoms with E-state index in [1.807, 2.05) is 18.7 Å². The van der Waals surface area contributed by atoms with Crippen molar-refractivity contribution in [3.63, 3.8) is 0 Å². The molecule has 1 aromatic rings. The second-order valence-electron chi connectivity index (χ2n) is 3.10. The van der Waals surface area contributed by atoms with Gasteiger partial charge in [-0.25, -0.2) is 0 Å². The van der Waals surface area contributed by atoms with Crippen LogP contribution in [0, 0.1) is 6.92 Å². The van der Waals surface area contributed by atoms with Crippen molar-refractivity contribution in [2.24, 2.45) is 0 Å². The van der Waals surface area contributed by atoms with Gasteiger partial charge in [0.05, 0.1) is 6.54 Å². The Kier molecular flexibility index (Phi) is 3.18. The van der Waals surface area contributed by atoms with E-state index in [1.54, 1.807) is 11.3 Å². The van der Waals surface area contributed by atoms with Crippen LogP contribution in [0.3, 0.4) is 0 Å². The molecule has 0 unspecified atom stereocenters. The smallest absolute Gasteiger partial charge is 0.131 e. The maximum atomic E-state index is 4.13. The first-order chi connectivity index (χ1) is 6.34. The summed E-state index contributed by atoms with van der Waals surface area (Å²) >= 11 is 3.75. The van der Waals surface area contributed by atoms with Crippen molar-refractivity contribution >= 4 is 23.1 Å². The number of thioether (sulfide) groups is 1.